The van der Waals surface area contributed by atoms with Crippen molar-refractivity contribution in [3.63, 3.8) is 0 Å². The Kier molecular flexibility index (Phi) is 9.52. The fraction of sp³-hybridized carbons (Fsp3) is 0.435. The molecule has 0 aliphatic heterocycles. The number of aromatic hydroxyl groups is 1. The number of hydrogen-bond acceptors (Lipinski definition) is 5. The minimum absolute atomic E-state index is 0.0517. The molecule has 1 unspecified atom stereocenters. The molecule has 0 saturated heterocycles. The minimum Gasteiger partial charge on any atom is -0.506 e. The van der Waals surface area contributed by atoms with Crippen LogP contribution >= 0.6 is 0 Å². The van der Waals surface area contributed by atoms with Crippen molar-refractivity contribution in [1.29, 1.82) is 0 Å². The molecule has 5 heteroatoms. The first kappa shape index (κ1) is 23.5. The molecule has 1 atom stereocenters. The number of phenols is 1. The average molecular weight is 384 g/mol. The van der Waals surface area contributed by atoms with E-state index in [-0.39, 0.29) is 23.1 Å². The van der Waals surface area contributed by atoms with Crippen molar-refractivity contribution in [2.24, 2.45) is 10.2 Å². The summed E-state index contributed by atoms with van der Waals surface area (Å²) in [5.74, 6) is 0.222. The first-order valence-corrected chi connectivity index (χ1v) is 9.75. The van der Waals surface area contributed by atoms with Crippen LogP contribution in [0.4, 0.5) is 5.69 Å². The van der Waals surface area contributed by atoms with Gasteiger partial charge < -0.3 is 10.4 Å². The summed E-state index contributed by atoms with van der Waals surface area (Å²) < 4.78 is 0. The zero-order valence-corrected chi connectivity index (χ0v) is 17.7. The standard InChI is InChI=1S/C23H33N3O2/c1-7-11-12-18(8-2)25-26-20-16-17(13-14-22(20)28)15-19(21(27)9-3)24-23(5,6)10-4/h7-8,11-14,16,19,24,28H,1,9-10,15H2,2-6H3/b12-11-,18-8+,26-25?. The fourth-order valence-electron chi connectivity index (χ4n) is 2.54. The molecular formula is C23H33N3O2. The normalized spacial score (nSPS) is 14.0. The smallest absolute Gasteiger partial charge is 0.149 e. The maximum atomic E-state index is 12.4. The summed E-state index contributed by atoms with van der Waals surface area (Å²) in [4.78, 5) is 12.4. The van der Waals surface area contributed by atoms with Gasteiger partial charge in [0, 0.05) is 12.0 Å². The number of nitrogens with zero attached hydrogens (tertiary/aromatic N) is 2. The Morgan fingerprint density at radius 1 is 1.36 bits per heavy atom. The van der Waals surface area contributed by atoms with Crippen molar-refractivity contribution in [3.05, 3.63) is 60.3 Å². The number of phenolic OH excluding ortho intramolecular Hbond substituents is 1. The van der Waals surface area contributed by atoms with Gasteiger partial charge in [-0.05, 0) is 57.4 Å². The Balaban J connectivity index is 3.08. The summed E-state index contributed by atoms with van der Waals surface area (Å²) in [7, 11) is 0. The Morgan fingerprint density at radius 2 is 2.07 bits per heavy atom. The molecule has 0 aromatic heterocycles. The number of benzene rings is 1. The first-order valence-electron chi connectivity index (χ1n) is 9.75. The van der Waals surface area contributed by atoms with Gasteiger partial charge >= 0.3 is 0 Å². The van der Waals surface area contributed by atoms with Gasteiger partial charge in [0.15, 0.2) is 0 Å². The van der Waals surface area contributed by atoms with Crippen molar-refractivity contribution in [3.8, 4) is 5.75 Å². The molecule has 1 aromatic carbocycles. The van der Waals surface area contributed by atoms with Crippen molar-refractivity contribution in [2.75, 3.05) is 0 Å². The molecule has 0 bridgehead atoms. The maximum absolute atomic E-state index is 12.4. The SMILES string of the molecule is C=C/C=C\C(=C/C)N=Nc1cc(CC(NC(C)(C)CC)C(=O)CC)ccc1O. The van der Waals surface area contributed by atoms with E-state index in [1.54, 1.807) is 30.4 Å². The molecule has 0 amide bonds. The molecule has 0 fully saturated rings. The van der Waals surface area contributed by atoms with Crippen LogP contribution in [0.25, 0.3) is 0 Å². The Hall–Kier alpha value is -2.53. The lowest BCUT2D eigenvalue weighted by Crippen LogP contribution is -2.50. The maximum Gasteiger partial charge on any atom is 0.149 e. The van der Waals surface area contributed by atoms with Gasteiger partial charge in [-0.15, -0.1) is 5.11 Å². The molecule has 0 radical (unpaired) electrons. The number of carbonyl (C=O) groups is 1. The van der Waals surface area contributed by atoms with Gasteiger partial charge in [0.05, 0.1) is 11.7 Å². The number of allylic oxidation sites excluding steroid dienone is 4. The third-order valence-corrected chi connectivity index (χ3v) is 4.64. The number of nitrogens with one attached hydrogen (secondary N) is 1. The zero-order valence-electron chi connectivity index (χ0n) is 17.7. The molecule has 0 aliphatic rings. The zero-order chi connectivity index (χ0) is 21.2. The quantitative estimate of drug-likeness (QED) is 0.375. The van der Waals surface area contributed by atoms with E-state index >= 15 is 0 Å². The van der Waals surface area contributed by atoms with Crippen LogP contribution in [0.1, 0.15) is 53.0 Å². The molecule has 152 valence electrons. The third-order valence-electron chi connectivity index (χ3n) is 4.64. The summed E-state index contributed by atoms with van der Waals surface area (Å²) in [6.07, 6.45) is 8.95. The Morgan fingerprint density at radius 3 is 2.64 bits per heavy atom. The first-order chi connectivity index (χ1) is 13.3. The fourth-order valence-corrected chi connectivity index (χ4v) is 2.54. The second-order valence-corrected chi connectivity index (χ2v) is 7.29. The summed E-state index contributed by atoms with van der Waals surface area (Å²) in [6.45, 7) is 13.6. The molecular weight excluding hydrogens is 350 g/mol. The highest BCUT2D eigenvalue weighted by Crippen LogP contribution is 2.29. The number of rotatable bonds is 11. The lowest BCUT2D eigenvalue weighted by atomic mass is 9.94. The van der Waals surface area contributed by atoms with Gasteiger partial charge in [-0.3, -0.25) is 4.79 Å². The van der Waals surface area contributed by atoms with Crippen LogP contribution in [-0.4, -0.2) is 22.5 Å². The summed E-state index contributed by atoms with van der Waals surface area (Å²) in [5, 5.41) is 21.9. The van der Waals surface area contributed by atoms with Crippen LogP contribution in [0.2, 0.25) is 0 Å². The Bertz CT molecular complexity index is 761. The van der Waals surface area contributed by atoms with E-state index in [2.05, 4.69) is 42.9 Å². The van der Waals surface area contributed by atoms with E-state index in [0.717, 1.165) is 12.0 Å². The van der Waals surface area contributed by atoms with Gasteiger partial charge in [-0.25, -0.2) is 0 Å². The van der Waals surface area contributed by atoms with Gasteiger partial charge in [-0.1, -0.05) is 44.7 Å². The number of azo groups is 1. The summed E-state index contributed by atoms with van der Waals surface area (Å²) in [5.41, 5.74) is 1.82. The second-order valence-electron chi connectivity index (χ2n) is 7.29. The van der Waals surface area contributed by atoms with Crippen molar-refractivity contribution in [2.45, 2.75) is 65.5 Å². The monoisotopic (exact) mass is 383 g/mol. The predicted molar refractivity (Wildman–Crippen MR) is 116 cm³/mol. The van der Waals surface area contributed by atoms with E-state index in [9.17, 15) is 9.90 Å². The topological polar surface area (TPSA) is 74.0 Å². The van der Waals surface area contributed by atoms with Crippen LogP contribution in [0.3, 0.4) is 0 Å². The van der Waals surface area contributed by atoms with E-state index in [0.29, 0.717) is 24.2 Å². The molecule has 0 aliphatic carbocycles. The van der Waals surface area contributed by atoms with Crippen LogP contribution in [0.5, 0.6) is 5.75 Å². The predicted octanol–water partition coefficient (Wildman–Crippen LogP) is 5.79. The molecule has 0 saturated carbocycles. The summed E-state index contributed by atoms with van der Waals surface area (Å²) in [6, 6.07) is 4.91. The minimum atomic E-state index is -0.282. The van der Waals surface area contributed by atoms with Crippen LogP contribution < -0.4 is 5.32 Å². The highest BCUT2D eigenvalue weighted by molar-refractivity contribution is 5.84. The van der Waals surface area contributed by atoms with Gasteiger partial charge in [0.2, 0.25) is 0 Å². The third kappa shape index (κ3) is 7.61. The number of hydrogen-bond donors (Lipinski definition) is 2. The number of Topliss-reactive ketones (excluding diaryl/α,β-unsaturated/α-hetero) is 1. The van der Waals surface area contributed by atoms with Crippen molar-refractivity contribution < 1.29 is 9.90 Å². The molecule has 0 heterocycles. The van der Waals surface area contributed by atoms with Crippen molar-refractivity contribution in [1.82, 2.24) is 5.32 Å². The molecule has 2 N–H and O–H groups in total. The van der Waals surface area contributed by atoms with Gasteiger partial charge in [0.1, 0.15) is 17.2 Å². The molecule has 28 heavy (non-hydrogen) atoms. The van der Waals surface area contributed by atoms with E-state index in [1.807, 2.05) is 26.0 Å². The largest absolute Gasteiger partial charge is 0.506 e. The van der Waals surface area contributed by atoms with E-state index in [1.165, 1.54) is 0 Å². The second kappa shape index (κ2) is 11.3. The highest BCUT2D eigenvalue weighted by Gasteiger charge is 2.25. The Labute approximate surface area is 169 Å². The van der Waals surface area contributed by atoms with Crippen LogP contribution in [0, 0.1) is 0 Å². The van der Waals surface area contributed by atoms with Gasteiger partial charge in [0.25, 0.3) is 0 Å². The average Bonchev–Trinajstić information content (AvgIpc) is 2.68. The van der Waals surface area contributed by atoms with E-state index < -0.39 is 0 Å². The summed E-state index contributed by atoms with van der Waals surface area (Å²) >= 11 is 0. The van der Waals surface area contributed by atoms with Crippen LogP contribution in [0.15, 0.2) is 65.0 Å². The van der Waals surface area contributed by atoms with Gasteiger partial charge in [-0.2, -0.15) is 5.11 Å². The molecule has 5 nitrogen and oxygen atoms in total. The van der Waals surface area contributed by atoms with Crippen molar-refractivity contribution >= 4 is 11.5 Å². The number of ketones is 1. The van der Waals surface area contributed by atoms with Crippen LogP contribution in [-0.2, 0) is 11.2 Å². The lowest BCUT2D eigenvalue weighted by Gasteiger charge is -2.30. The van der Waals surface area contributed by atoms with E-state index in [4.69, 9.17) is 0 Å². The number of carbonyl (C=O) groups excluding carboxylic acids is 1. The highest BCUT2D eigenvalue weighted by atomic mass is 16.3. The lowest BCUT2D eigenvalue weighted by molar-refractivity contribution is -0.121. The molecule has 1 rings (SSSR count). The molecule has 1 aromatic rings. The molecule has 0 spiro atoms.